The number of amides is 2. The van der Waals surface area contributed by atoms with Crippen molar-refractivity contribution in [2.45, 2.75) is 57.2 Å². The Kier molecular flexibility index (Phi) is 6.82. The zero-order valence-electron chi connectivity index (χ0n) is 22.8. The lowest BCUT2D eigenvalue weighted by Crippen LogP contribution is -2.72. The Hall–Kier alpha value is -3.10. The molecule has 3 saturated carbocycles. The zero-order chi connectivity index (χ0) is 28.3. The number of halogens is 2. The summed E-state index contributed by atoms with van der Waals surface area (Å²) < 4.78 is 5.12. The maximum atomic E-state index is 14.2. The minimum atomic E-state index is -0.396. The van der Waals surface area contributed by atoms with Crippen LogP contribution in [-0.2, 0) is 9.53 Å². The SMILES string of the molecule is CCOC(=O)c1ccc(N2C(=O)C3C[C@@H](C)N(C(=O)c4ccc(Cl)c(Cl)c4)CC3N=C2N(C)C23CC(C2)C3)cc1. The lowest BCUT2D eigenvalue weighted by atomic mass is 9.49. The van der Waals surface area contributed by atoms with E-state index in [1.807, 2.05) is 14.0 Å². The quantitative estimate of drug-likeness (QED) is 0.448. The summed E-state index contributed by atoms with van der Waals surface area (Å²) >= 11 is 12.3. The molecule has 2 aliphatic heterocycles. The number of nitrogens with zero attached hydrogens (tertiary/aromatic N) is 4. The fourth-order valence-electron chi connectivity index (χ4n) is 6.60. The summed E-state index contributed by atoms with van der Waals surface area (Å²) in [5.41, 5.74) is 1.58. The number of carbonyl (C=O) groups excluding carboxylic acids is 3. The molecule has 3 atom stereocenters. The Labute approximate surface area is 243 Å². The molecule has 4 fully saturated rings. The number of aliphatic imine (C=N–C) groups is 1. The van der Waals surface area contributed by atoms with E-state index < -0.39 is 5.97 Å². The number of ether oxygens (including phenoxy) is 1. The van der Waals surface area contributed by atoms with E-state index in [4.69, 9.17) is 32.9 Å². The molecule has 2 aromatic carbocycles. The van der Waals surface area contributed by atoms with Crippen molar-refractivity contribution in [2.75, 3.05) is 25.1 Å². The number of guanidine groups is 1. The average Bonchev–Trinajstić information content (AvgIpc) is 2.88. The molecule has 0 N–H and O–H groups in total. The number of piperidine rings is 1. The number of rotatable bonds is 5. The average molecular weight is 584 g/mol. The molecule has 8 nitrogen and oxygen atoms in total. The molecule has 2 amide bonds. The van der Waals surface area contributed by atoms with Crippen molar-refractivity contribution in [1.29, 1.82) is 0 Å². The minimum absolute atomic E-state index is 0.0251. The summed E-state index contributed by atoms with van der Waals surface area (Å²) in [7, 11) is 2.02. The second-order valence-corrected chi connectivity index (χ2v) is 12.3. The second kappa shape index (κ2) is 10.1. The normalized spacial score (nSPS) is 28.6. The Balaban J connectivity index is 1.33. The molecule has 3 aliphatic carbocycles. The van der Waals surface area contributed by atoms with Gasteiger partial charge in [0.2, 0.25) is 11.9 Å². The van der Waals surface area contributed by atoms with Crippen molar-refractivity contribution in [1.82, 2.24) is 9.80 Å². The highest BCUT2D eigenvalue weighted by molar-refractivity contribution is 6.42. The van der Waals surface area contributed by atoms with Crippen LogP contribution in [-0.4, -0.2) is 71.4 Å². The molecular formula is C30H32Cl2N4O4. The van der Waals surface area contributed by atoms with E-state index >= 15 is 0 Å². The molecule has 2 aromatic rings. The molecule has 40 heavy (non-hydrogen) atoms. The number of benzene rings is 2. The van der Waals surface area contributed by atoms with Crippen LogP contribution in [0.1, 0.15) is 60.2 Å². The summed E-state index contributed by atoms with van der Waals surface area (Å²) in [4.78, 5) is 50.8. The van der Waals surface area contributed by atoms with Gasteiger partial charge in [0.25, 0.3) is 5.91 Å². The van der Waals surface area contributed by atoms with E-state index in [9.17, 15) is 14.4 Å². The van der Waals surface area contributed by atoms with Crippen LogP contribution in [0.2, 0.25) is 10.0 Å². The summed E-state index contributed by atoms with van der Waals surface area (Å²) in [6.07, 6.45) is 3.78. The number of esters is 1. The molecule has 2 bridgehead atoms. The van der Waals surface area contributed by atoms with Gasteiger partial charge < -0.3 is 14.5 Å². The maximum Gasteiger partial charge on any atom is 0.338 e. The highest BCUT2D eigenvalue weighted by Gasteiger charge is 2.61. The first kappa shape index (κ1) is 27.1. The van der Waals surface area contributed by atoms with Crippen LogP contribution in [0.15, 0.2) is 47.5 Å². The van der Waals surface area contributed by atoms with Crippen molar-refractivity contribution >= 4 is 52.6 Å². The van der Waals surface area contributed by atoms with Gasteiger partial charge in [-0.1, -0.05) is 23.2 Å². The van der Waals surface area contributed by atoms with Crippen molar-refractivity contribution in [3.8, 4) is 0 Å². The lowest BCUT2D eigenvalue weighted by molar-refractivity contribution is -0.126. The third-order valence-electron chi connectivity index (χ3n) is 9.08. The Morgan fingerprint density at radius 1 is 1.07 bits per heavy atom. The van der Waals surface area contributed by atoms with Crippen LogP contribution in [0, 0.1) is 11.8 Å². The Morgan fingerprint density at radius 3 is 2.35 bits per heavy atom. The van der Waals surface area contributed by atoms with E-state index in [1.165, 1.54) is 0 Å². The van der Waals surface area contributed by atoms with Gasteiger partial charge in [-0.15, -0.1) is 0 Å². The summed E-state index contributed by atoms with van der Waals surface area (Å²) in [5.74, 6) is 0.394. The monoisotopic (exact) mass is 582 g/mol. The van der Waals surface area contributed by atoms with E-state index in [0.29, 0.717) is 52.4 Å². The molecule has 5 aliphatic rings. The first-order valence-corrected chi connectivity index (χ1v) is 14.6. The van der Waals surface area contributed by atoms with Gasteiger partial charge in [0.15, 0.2) is 0 Å². The van der Waals surface area contributed by atoms with E-state index in [-0.39, 0.29) is 35.4 Å². The van der Waals surface area contributed by atoms with Gasteiger partial charge in [0.05, 0.1) is 39.9 Å². The predicted octanol–water partition coefficient (Wildman–Crippen LogP) is 5.28. The number of likely N-dealkylation sites (tertiary alicyclic amines) is 1. The maximum absolute atomic E-state index is 14.2. The lowest BCUT2D eigenvalue weighted by Gasteiger charge is -2.66. The van der Waals surface area contributed by atoms with Crippen molar-refractivity contribution in [3.05, 3.63) is 63.6 Å². The standard InChI is InChI=1S/C30H32Cl2N4O4/c1-4-40-28(39)19-5-8-21(9-6-19)36-27(38)22-11-17(2)35(26(37)20-7-10-23(31)24(32)12-20)16-25(22)33-29(36)34(3)30-13-18(14-30)15-30/h5-10,12,17-18,22,25H,4,11,13-16H2,1-3H3/t17-,18?,22?,25?,30?/m1/s1. The number of fused-ring (bicyclic) bond motifs is 1. The smallest absolute Gasteiger partial charge is 0.338 e. The van der Waals surface area contributed by atoms with Gasteiger partial charge in [0.1, 0.15) is 0 Å². The third-order valence-corrected chi connectivity index (χ3v) is 9.81. The van der Waals surface area contributed by atoms with E-state index in [1.54, 1.807) is 59.2 Å². The highest BCUT2D eigenvalue weighted by Crippen LogP contribution is 2.60. The third kappa shape index (κ3) is 4.36. The highest BCUT2D eigenvalue weighted by atomic mass is 35.5. The number of anilines is 1. The molecule has 0 spiro atoms. The predicted molar refractivity (Wildman–Crippen MR) is 154 cm³/mol. The van der Waals surface area contributed by atoms with Gasteiger partial charge in [-0.05, 0) is 87.9 Å². The largest absolute Gasteiger partial charge is 0.462 e. The topological polar surface area (TPSA) is 82.5 Å². The van der Waals surface area contributed by atoms with Gasteiger partial charge >= 0.3 is 5.97 Å². The Bertz CT molecular complexity index is 1390. The summed E-state index contributed by atoms with van der Waals surface area (Å²) in [5, 5.41) is 0.720. The van der Waals surface area contributed by atoms with Gasteiger partial charge in [-0.2, -0.15) is 0 Å². The van der Waals surface area contributed by atoms with E-state index in [0.717, 1.165) is 25.2 Å². The number of hydrogen-bond acceptors (Lipinski definition) is 6. The molecular weight excluding hydrogens is 551 g/mol. The first-order chi connectivity index (χ1) is 19.1. The van der Waals surface area contributed by atoms with Crippen LogP contribution >= 0.6 is 23.2 Å². The number of hydrogen-bond donors (Lipinski definition) is 0. The second-order valence-electron chi connectivity index (χ2n) is 11.5. The molecule has 0 aromatic heterocycles. The van der Waals surface area contributed by atoms with Crippen molar-refractivity contribution < 1.29 is 19.1 Å². The molecule has 7 rings (SSSR count). The fourth-order valence-corrected chi connectivity index (χ4v) is 6.90. The van der Waals surface area contributed by atoms with Crippen molar-refractivity contribution in [3.63, 3.8) is 0 Å². The minimum Gasteiger partial charge on any atom is -0.462 e. The fraction of sp³-hybridized carbons (Fsp3) is 0.467. The summed E-state index contributed by atoms with van der Waals surface area (Å²) in [6.45, 7) is 4.36. The molecule has 1 saturated heterocycles. The van der Waals surface area contributed by atoms with E-state index in [2.05, 4.69) is 4.90 Å². The molecule has 0 radical (unpaired) electrons. The van der Waals surface area contributed by atoms with Gasteiger partial charge in [-0.3, -0.25) is 14.5 Å². The molecule has 10 heteroatoms. The van der Waals surface area contributed by atoms with Crippen LogP contribution in [0.3, 0.4) is 0 Å². The molecule has 210 valence electrons. The molecule has 2 unspecified atom stereocenters. The van der Waals surface area contributed by atoms with Crippen LogP contribution < -0.4 is 4.90 Å². The van der Waals surface area contributed by atoms with Gasteiger partial charge in [0, 0.05) is 30.7 Å². The van der Waals surface area contributed by atoms with Crippen molar-refractivity contribution in [2.24, 2.45) is 16.8 Å². The van der Waals surface area contributed by atoms with Crippen LogP contribution in [0.5, 0.6) is 0 Å². The number of carbonyl (C=O) groups is 3. The Morgan fingerprint density at radius 2 is 1.75 bits per heavy atom. The first-order valence-electron chi connectivity index (χ1n) is 13.8. The van der Waals surface area contributed by atoms with Crippen LogP contribution in [0.25, 0.3) is 0 Å². The molecule has 2 heterocycles. The van der Waals surface area contributed by atoms with Crippen LogP contribution in [0.4, 0.5) is 5.69 Å². The summed E-state index contributed by atoms with van der Waals surface area (Å²) in [6, 6.07) is 11.3. The van der Waals surface area contributed by atoms with Gasteiger partial charge in [-0.25, -0.2) is 9.79 Å². The zero-order valence-corrected chi connectivity index (χ0v) is 24.3.